The third kappa shape index (κ3) is 2.24. The SMILES string of the molecule is CCc1ccc(C=C2CCNC2)cc1. The molecule has 1 heteroatoms. The van der Waals surface area contributed by atoms with E-state index in [1.54, 1.807) is 0 Å². The number of aryl methyl sites for hydroxylation is 1. The van der Waals surface area contributed by atoms with Gasteiger partial charge in [-0.15, -0.1) is 0 Å². The molecule has 0 radical (unpaired) electrons. The van der Waals surface area contributed by atoms with E-state index in [1.807, 2.05) is 0 Å². The van der Waals surface area contributed by atoms with Crippen LogP contribution in [0.1, 0.15) is 24.5 Å². The molecule has 0 unspecified atom stereocenters. The van der Waals surface area contributed by atoms with Crippen molar-refractivity contribution < 1.29 is 0 Å². The summed E-state index contributed by atoms with van der Waals surface area (Å²) in [5.41, 5.74) is 4.27. The Kier molecular flexibility index (Phi) is 3.00. The van der Waals surface area contributed by atoms with Gasteiger partial charge in [0.15, 0.2) is 0 Å². The predicted octanol–water partition coefficient (Wildman–Crippen LogP) is 2.63. The van der Waals surface area contributed by atoms with Crippen LogP contribution in [-0.2, 0) is 6.42 Å². The van der Waals surface area contributed by atoms with Gasteiger partial charge >= 0.3 is 0 Å². The summed E-state index contributed by atoms with van der Waals surface area (Å²) in [5, 5.41) is 3.35. The Bertz CT molecular complexity index is 314. The minimum Gasteiger partial charge on any atom is -0.313 e. The van der Waals surface area contributed by atoms with Crippen molar-refractivity contribution in [3.05, 3.63) is 41.0 Å². The number of nitrogens with one attached hydrogen (secondary N) is 1. The van der Waals surface area contributed by atoms with Crippen molar-refractivity contribution in [3.8, 4) is 0 Å². The molecule has 1 fully saturated rings. The highest BCUT2D eigenvalue weighted by Crippen LogP contribution is 2.13. The molecule has 1 heterocycles. The molecular formula is C13H17N. The lowest BCUT2D eigenvalue weighted by Gasteiger charge is -1.99. The second-order valence-corrected chi connectivity index (χ2v) is 3.82. The monoisotopic (exact) mass is 187 g/mol. The molecule has 0 aromatic heterocycles. The maximum absolute atomic E-state index is 3.35. The Morgan fingerprint density at radius 2 is 2.07 bits per heavy atom. The zero-order chi connectivity index (χ0) is 9.80. The van der Waals surface area contributed by atoms with Gasteiger partial charge in [0.25, 0.3) is 0 Å². The highest BCUT2D eigenvalue weighted by atomic mass is 14.9. The van der Waals surface area contributed by atoms with E-state index in [2.05, 4.69) is 42.6 Å². The second kappa shape index (κ2) is 4.43. The van der Waals surface area contributed by atoms with E-state index in [-0.39, 0.29) is 0 Å². The zero-order valence-electron chi connectivity index (χ0n) is 8.72. The van der Waals surface area contributed by atoms with Crippen molar-refractivity contribution in [2.75, 3.05) is 13.1 Å². The first-order chi connectivity index (χ1) is 6.88. The Hall–Kier alpha value is -1.08. The summed E-state index contributed by atoms with van der Waals surface area (Å²) in [6.07, 6.45) is 4.63. The molecule has 1 nitrogen and oxygen atoms in total. The summed E-state index contributed by atoms with van der Waals surface area (Å²) in [7, 11) is 0. The first-order valence-electron chi connectivity index (χ1n) is 5.37. The molecule has 0 saturated carbocycles. The van der Waals surface area contributed by atoms with E-state index in [4.69, 9.17) is 0 Å². The fraction of sp³-hybridized carbons (Fsp3) is 0.385. The van der Waals surface area contributed by atoms with Crippen molar-refractivity contribution in [2.24, 2.45) is 0 Å². The average Bonchev–Trinajstić information content (AvgIpc) is 2.72. The molecule has 74 valence electrons. The van der Waals surface area contributed by atoms with E-state index < -0.39 is 0 Å². The van der Waals surface area contributed by atoms with Crippen LogP contribution in [-0.4, -0.2) is 13.1 Å². The molecule has 1 N–H and O–H groups in total. The normalized spacial score (nSPS) is 19.1. The lowest BCUT2D eigenvalue weighted by molar-refractivity contribution is 0.862. The van der Waals surface area contributed by atoms with E-state index in [0.717, 1.165) is 19.5 Å². The van der Waals surface area contributed by atoms with Gasteiger partial charge in [0.1, 0.15) is 0 Å². The lowest BCUT2D eigenvalue weighted by Crippen LogP contribution is -2.04. The summed E-state index contributed by atoms with van der Waals surface area (Å²) in [6, 6.07) is 8.86. The highest BCUT2D eigenvalue weighted by molar-refractivity contribution is 5.54. The maximum Gasteiger partial charge on any atom is 0.0168 e. The third-order valence-corrected chi connectivity index (χ3v) is 2.73. The van der Waals surface area contributed by atoms with Crippen LogP contribution < -0.4 is 5.32 Å². The molecule has 0 amide bonds. The van der Waals surface area contributed by atoms with E-state index in [9.17, 15) is 0 Å². The van der Waals surface area contributed by atoms with Gasteiger partial charge in [0.2, 0.25) is 0 Å². The fourth-order valence-corrected chi connectivity index (χ4v) is 1.79. The summed E-state index contributed by atoms with van der Waals surface area (Å²) in [5.74, 6) is 0. The van der Waals surface area contributed by atoms with E-state index >= 15 is 0 Å². The summed E-state index contributed by atoms with van der Waals surface area (Å²) in [4.78, 5) is 0. The minimum absolute atomic E-state index is 1.07. The molecule has 14 heavy (non-hydrogen) atoms. The quantitative estimate of drug-likeness (QED) is 0.750. The van der Waals surface area contributed by atoms with E-state index in [1.165, 1.54) is 23.1 Å². The Labute approximate surface area is 85.8 Å². The molecule has 1 aromatic carbocycles. The summed E-state index contributed by atoms with van der Waals surface area (Å²) in [6.45, 7) is 4.39. The van der Waals surface area contributed by atoms with Crippen LogP contribution >= 0.6 is 0 Å². The van der Waals surface area contributed by atoms with Crippen LogP contribution in [0.2, 0.25) is 0 Å². The predicted molar refractivity (Wildman–Crippen MR) is 61.3 cm³/mol. The van der Waals surface area contributed by atoms with Gasteiger partial charge in [0.05, 0.1) is 0 Å². The molecule has 1 aliphatic rings. The Balaban J connectivity index is 2.12. The second-order valence-electron chi connectivity index (χ2n) is 3.82. The molecule has 0 bridgehead atoms. The fourth-order valence-electron chi connectivity index (χ4n) is 1.79. The van der Waals surface area contributed by atoms with Crippen molar-refractivity contribution >= 4 is 6.08 Å². The van der Waals surface area contributed by atoms with Crippen LogP contribution in [0.4, 0.5) is 0 Å². The van der Waals surface area contributed by atoms with Gasteiger partial charge in [0, 0.05) is 6.54 Å². The lowest BCUT2D eigenvalue weighted by atomic mass is 10.1. The molecule has 1 saturated heterocycles. The van der Waals surface area contributed by atoms with Crippen LogP contribution in [0.3, 0.4) is 0 Å². The van der Waals surface area contributed by atoms with Gasteiger partial charge in [-0.05, 0) is 30.5 Å². The molecule has 0 atom stereocenters. The summed E-state index contributed by atoms with van der Waals surface area (Å²) < 4.78 is 0. The zero-order valence-corrected chi connectivity index (χ0v) is 8.72. The average molecular weight is 187 g/mol. The van der Waals surface area contributed by atoms with Crippen molar-refractivity contribution in [1.29, 1.82) is 0 Å². The number of hydrogen-bond donors (Lipinski definition) is 1. The van der Waals surface area contributed by atoms with Crippen LogP contribution in [0, 0.1) is 0 Å². The molecule has 0 aliphatic carbocycles. The number of benzene rings is 1. The maximum atomic E-state index is 3.35. The largest absolute Gasteiger partial charge is 0.313 e. The van der Waals surface area contributed by atoms with Gasteiger partial charge in [-0.25, -0.2) is 0 Å². The van der Waals surface area contributed by atoms with Gasteiger partial charge in [-0.1, -0.05) is 42.8 Å². The number of hydrogen-bond acceptors (Lipinski definition) is 1. The molecule has 1 aliphatic heterocycles. The van der Waals surface area contributed by atoms with Crippen molar-refractivity contribution in [1.82, 2.24) is 5.32 Å². The third-order valence-electron chi connectivity index (χ3n) is 2.73. The minimum atomic E-state index is 1.07. The topological polar surface area (TPSA) is 12.0 Å². The highest BCUT2D eigenvalue weighted by Gasteiger charge is 2.04. The molecule has 2 rings (SSSR count). The standard InChI is InChI=1S/C13H17N/c1-2-11-3-5-12(6-4-11)9-13-7-8-14-10-13/h3-6,9,14H,2,7-8,10H2,1H3. The Morgan fingerprint density at radius 1 is 1.29 bits per heavy atom. The van der Waals surface area contributed by atoms with Crippen LogP contribution in [0.5, 0.6) is 0 Å². The first kappa shape index (κ1) is 9.47. The summed E-state index contributed by atoms with van der Waals surface area (Å²) >= 11 is 0. The first-order valence-corrected chi connectivity index (χ1v) is 5.37. The van der Waals surface area contributed by atoms with Gasteiger partial charge in [-0.2, -0.15) is 0 Å². The molecule has 0 spiro atoms. The van der Waals surface area contributed by atoms with Crippen LogP contribution in [0.25, 0.3) is 6.08 Å². The van der Waals surface area contributed by atoms with Crippen molar-refractivity contribution in [2.45, 2.75) is 19.8 Å². The number of rotatable bonds is 2. The molecule has 1 aromatic rings. The van der Waals surface area contributed by atoms with Gasteiger partial charge < -0.3 is 5.32 Å². The van der Waals surface area contributed by atoms with Crippen LogP contribution in [0.15, 0.2) is 29.8 Å². The van der Waals surface area contributed by atoms with Crippen molar-refractivity contribution in [3.63, 3.8) is 0 Å². The smallest absolute Gasteiger partial charge is 0.0168 e. The Morgan fingerprint density at radius 3 is 2.64 bits per heavy atom. The molecular weight excluding hydrogens is 170 g/mol. The van der Waals surface area contributed by atoms with Gasteiger partial charge in [-0.3, -0.25) is 0 Å². The van der Waals surface area contributed by atoms with E-state index in [0.29, 0.717) is 0 Å².